The number of nitrogens with zero attached hydrogens (tertiary/aromatic N) is 2. The van der Waals surface area contributed by atoms with Crippen molar-refractivity contribution in [2.45, 2.75) is 19.1 Å². The summed E-state index contributed by atoms with van der Waals surface area (Å²) in [6.07, 6.45) is 2.25. The van der Waals surface area contributed by atoms with Gasteiger partial charge in [-0.25, -0.2) is 0 Å². The normalized spacial score (nSPS) is 17.2. The van der Waals surface area contributed by atoms with Gasteiger partial charge in [0.2, 0.25) is 0 Å². The third kappa shape index (κ3) is 4.82. The van der Waals surface area contributed by atoms with Gasteiger partial charge in [0.1, 0.15) is 18.1 Å². The zero-order valence-electron chi connectivity index (χ0n) is 20.9. The zero-order chi connectivity index (χ0) is 25.9. The molecular weight excluding hydrogens is 484 g/mol. The van der Waals surface area contributed by atoms with Crippen LogP contribution >= 0.6 is 0 Å². The fourth-order valence-electron chi connectivity index (χ4n) is 5.09. The SMILES string of the molecule is O=C(c1ccc(COc2ccc3c(c2)C(c2ccccc2)N(C(=O)c2ccco2)CC3)o1)N1CCOCC1. The van der Waals surface area contributed by atoms with E-state index in [9.17, 15) is 9.59 Å². The summed E-state index contributed by atoms with van der Waals surface area (Å²) < 4.78 is 22.6. The van der Waals surface area contributed by atoms with Gasteiger partial charge in [-0.2, -0.15) is 0 Å². The summed E-state index contributed by atoms with van der Waals surface area (Å²) >= 11 is 0. The minimum Gasteiger partial charge on any atom is -0.486 e. The molecule has 2 amide bonds. The van der Waals surface area contributed by atoms with Gasteiger partial charge < -0.3 is 28.1 Å². The van der Waals surface area contributed by atoms with Crippen LogP contribution in [0.15, 0.2) is 87.9 Å². The highest BCUT2D eigenvalue weighted by Gasteiger charge is 2.34. The van der Waals surface area contributed by atoms with E-state index in [1.807, 2.05) is 47.4 Å². The summed E-state index contributed by atoms with van der Waals surface area (Å²) in [6.45, 7) is 2.95. The van der Waals surface area contributed by atoms with E-state index in [0.29, 0.717) is 55.9 Å². The van der Waals surface area contributed by atoms with Gasteiger partial charge >= 0.3 is 0 Å². The average Bonchev–Trinajstić information content (AvgIpc) is 3.69. The number of carbonyl (C=O) groups excluding carboxylic acids is 2. The largest absolute Gasteiger partial charge is 0.486 e. The minimum atomic E-state index is -0.276. The van der Waals surface area contributed by atoms with Crippen LogP contribution < -0.4 is 4.74 Å². The molecule has 2 aliphatic rings. The van der Waals surface area contributed by atoms with Crippen LogP contribution in [0.2, 0.25) is 0 Å². The molecule has 4 heterocycles. The quantitative estimate of drug-likeness (QED) is 0.372. The van der Waals surface area contributed by atoms with Gasteiger partial charge in [-0.3, -0.25) is 9.59 Å². The highest BCUT2D eigenvalue weighted by molar-refractivity contribution is 5.92. The number of amides is 2. The number of fused-ring (bicyclic) bond motifs is 1. The molecule has 0 spiro atoms. The number of hydrogen-bond donors (Lipinski definition) is 0. The van der Waals surface area contributed by atoms with Crippen LogP contribution in [0.5, 0.6) is 5.75 Å². The molecule has 6 rings (SSSR count). The van der Waals surface area contributed by atoms with Gasteiger partial charge in [-0.05, 0) is 59.5 Å². The Morgan fingerprint density at radius 3 is 2.50 bits per heavy atom. The fourth-order valence-corrected chi connectivity index (χ4v) is 5.09. The molecule has 1 fully saturated rings. The van der Waals surface area contributed by atoms with Crippen LogP contribution in [-0.2, 0) is 17.8 Å². The average molecular weight is 513 g/mol. The highest BCUT2D eigenvalue weighted by atomic mass is 16.5. The molecule has 38 heavy (non-hydrogen) atoms. The van der Waals surface area contributed by atoms with Crippen LogP contribution in [0.1, 0.15) is 49.6 Å². The molecule has 1 unspecified atom stereocenters. The smallest absolute Gasteiger partial charge is 0.290 e. The third-order valence-electron chi connectivity index (χ3n) is 7.01. The van der Waals surface area contributed by atoms with E-state index in [2.05, 4.69) is 6.07 Å². The van der Waals surface area contributed by atoms with E-state index in [0.717, 1.165) is 17.5 Å². The lowest BCUT2D eigenvalue weighted by Gasteiger charge is -2.37. The summed E-state index contributed by atoms with van der Waals surface area (Å²) in [5.41, 5.74) is 3.20. The molecule has 1 atom stereocenters. The lowest BCUT2D eigenvalue weighted by molar-refractivity contribution is 0.0280. The van der Waals surface area contributed by atoms with Gasteiger partial charge in [0.15, 0.2) is 11.5 Å². The fraction of sp³-hybridized carbons (Fsp3) is 0.267. The molecule has 1 saturated heterocycles. The van der Waals surface area contributed by atoms with Crippen molar-refractivity contribution in [3.63, 3.8) is 0 Å². The van der Waals surface area contributed by atoms with E-state index < -0.39 is 0 Å². The highest BCUT2D eigenvalue weighted by Crippen LogP contribution is 2.38. The predicted octanol–water partition coefficient (Wildman–Crippen LogP) is 4.71. The van der Waals surface area contributed by atoms with Gasteiger partial charge in [0, 0.05) is 19.6 Å². The molecule has 0 bridgehead atoms. The first-order valence-electron chi connectivity index (χ1n) is 12.8. The summed E-state index contributed by atoms with van der Waals surface area (Å²) in [6, 6.07) is 22.6. The van der Waals surface area contributed by atoms with Gasteiger partial charge in [0.05, 0.1) is 25.5 Å². The van der Waals surface area contributed by atoms with Crippen molar-refractivity contribution in [3.8, 4) is 5.75 Å². The minimum absolute atomic E-state index is 0.139. The molecular formula is C30H28N2O6. The Labute approximate surface area is 220 Å². The second-order valence-corrected chi connectivity index (χ2v) is 9.36. The molecule has 4 aromatic rings. The molecule has 0 radical (unpaired) electrons. The lowest BCUT2D eigenvalue weighted by atomic mass is 9.87. The van der Waals surface area contributed by atoms with Crippen LogP contribution in [0.25, 0.3) is 0 Å². The first kappa shape index (κ1) is 24.1. The topological polar surface area (TPSA) is 85.4 Å². The predicted molar refractivity (Wildman–Crippen MR) is 138 cm³/mol. The van der Waals surface area contributed by atoms with Crippen molar-refractivity contribution < 1.29 is 27.9 Å². The van der Waals surface area contributed by atoms with E-state index in [4.69, 9.17) is 18.3 Å². The van der Waals surface area contributed by atoms with E-state index in [1.54, 1.807) is 29.2 Å². The van der Waals surface area contributed by atoms with E-state index in [1.165, 1.54) is 11.8 Å². The van der Waals surface area contributed by atoms with Gasteiger partial charge in [0.25, 0.3) is 11.8 Å². The number of morpholine rings is 1. The van der Waals surface area contributed by atoms with Crippen molar-refractivity contribution in [2.24, 2.45) is 0 Å². The van der Waals surface area contributed by atoms with Crippen molar-refractivity contribution >= 4 is 11.8 Å². The van der Waals surface area contributed by atoms with E-state index in [-0.39, 0.29) is 24.5 Å². The second kappa shape index (κ2) is 10.6. The number of carbonyl (C=O) groups is 2. The molecule has 0 N–H and O–H groups in total. The molecule has 8 nitrogen and oxygen atoms in total. The van der Waals surface area contributed by atoms with Crippen molar-refractivity contribution in [3.05, 3.63) is 113 Å². The first-order valence-corrected chi connectivity index (χ1v) is 12.8. The first-order chi connectivity index (χ1) is 18.7. The molecule has 2 aliphatic heterocycles. The van der Waals surface area contributed by atoms with Crippen LogP contribution in [0.4, 0.5) is 0 Å². The van der Waals surface area contributed by atoms with E-state index >= 15 is 0 Å². The summed E-state index contributed by atoms with van der Waals surface area (Å²) in [4.78, 5) is 29.6. The maximum absolute atomic E-state index is 13.4. The van der Waals surface area contributed by atoms with Crippen LogP contribution in [0.3, 0.4) is 0 Å². The number of benzene rings is 2. The second-order valence-electron chi connectivity index (χ2n) is 9.36. The maximum atomic E-state index is 13.4. The lowest BCUT2D eigenvalue weighted by Crippen LogP contribution is -2.40. The van der Waals surface area contributed by atoms with Crippen LogP contribution in [0, 0.1) is 0 Å². The number of hydrogen-bond acceptors (Lipinski definition) is 6. The van der Waals surface area contributed by atoms with Gasteiger partial charge in [-0.15, -0.1) is 0 Å². The molecule has 0 aliphatic carbocycles. The summed E-state index contributed by atoms with van der Waals surface area (Å²) in [5.74, 6) is 1.56. The third-order valence-corrected chi connectivity index (χ3v) is 7.01. The maximum Gasteiger partial charge on any atom is 0.290 e. The zero-order valence-corrected chi connectivity index (χ0v) is 20.9. The van der Waals surface area contributed by atoms with Crippen LogP contribution in [-0.4, -0.2) is 54.5 Å². The number of rotatable bonds is 6. The summed E-state index contributed by atoms with van der Waals surface area (Å²) in [7, 11) is 0. The Kier molecular flexibility index (Phi) is 6.71. The Morgan fingerprint density at radius 1 is 0.868 bits per heavy atom. The Hall–Kier alpha value is -4.30. The number of ether oxygens (including phenoxy) is 2. The van der Waals surface area contributed by atoms with Gasteiger partial charge in [-0.1, -0.05) is 36.4 Å². The molecule has 2 aromatic carbocycles. The molecule has 2 aromatic heterocycles. The van der Waals surface area contributed by atoms with Crippen molar-refractivity contribution in [1.82, 2.24) is 9.80 Å². The molecule has 194 valence electrons. The molecule has 0 saturated carbocycles. The summed E-state index contributed by atoms with van der Waals surface area (Å²) in [5, 5.41) is 0. The monoisotopic (exact) mass is 512 g/mol. The Morgan fingerprint density at radius 2 is 1.71 bits per heavy atom. The van der Waals surface area contributed by atoms with Crippen molar-refractivity contribution in [1.29, 1.82) is 0 Å². The standard InChI is InChI=1S/C30H28N2O6/c33-29(31-14-17-35-18-15-31)27-11-10-24(38-27)20-37-23-9-8-21-12-13-32(30(34)26-7-4-16-36-26)28(25(21)19-23)22-5-2-1-3-6-22/h1-11,16,19,28H,12-15,17-18,20H2. The number of furan rings is 2. The Bertz CT molecular complexity index is 1410. The molecule has 8 heteroatoms. The van der Waals surface area contributed by atoms with Crippen molar-refractivity contribution in [2.75, 3.05) is 32.8 Å². The Balaban J connectivity index is 1.22.